The van der Waals surface area contributed by atoms with Crippen LogP contribution in [0.25, 0.3) is 6.08 Å². The van der Waals surface area contributed by atoms with Crippen molar-refractivity contribution in [3.63, 3.8) is 0 Å². The van der Waals surface area contributed by atoms with E-state index in [0.29, 0.717) is 0 Å². The van der Waals surface area contributed by atoms with E-state index < -0.39 is 0 Å². The zero-order valence-corrected chi connectivity index (χ0v) is 12.4. The van der Waals surface area contributed by atoms with Crippen LogP contribution >= 0.6 is 43.2 Å². The van der Waals surface area contributed by atoms with Gasteiger partial charge in [0.15, 0.2) is 0 Å². The Morgan fingerprint density at radius 3 is 2.93 bits per heavy atom. The highest BCUT2D eigenvalue weighted by atomic mass is 79.9. The van der Waals surface area contributed by atoms with Crippen LogP contribution in [0.3, 0.4) is 0 Å². The van der Waals surface area contributed by atoms with E-state index in [2.05, 4.69) is 55.4 Å². The topological polar surface area (TPSA) is 21.3 Å². The number of rotatable bonds is 6. The van der Waals surface area contributed by atoms with E-state index in [0.717, 1.165) is 28.0 Å². The SMILES string of the molecule is COCCNC/C=C/c1cc(Br)c(Br)s1. The van der Waals surface area contributed by atoms with Crippen LogP contribution in [0.4, 0.5) is 0 Å². The van der Waals surface area contributed by atoms with E-state index in [9.17, 15) is 0 Å². The molecule has 0 saturated heterocycles. The zero-order chi connectivity index (χ0) is 11.1. The smallest absolute Gasteiger partial charge is 0.0846 e. The lowest BCUT2D eigenvalue weighted by molar-refractivity contribution is 0.200. The Balaban J connectivity index is 2.26. The van der Waals surface area contributed by atoms with Gasteiger partial charge < -0.3 is 10.1 Å². The van der Waals surface area contributed by atoms with E-state index in [1.165, 1.54) is 4.88 Å². The van der Waals surface area contributed by atoms with Gasteiger partial charge in [-0.2, -0.15) is 0 Å². The summed E-state index contributed by atoms with van der Waals surface area (Å²) in [6.07, 6.45) is 4.22. The number of hydrogen-bond acceptors (Lipinski definition) is 3. The predicted molar refractivity (Wildman–Crippen MR) is 73.5 cm³/mol. The van der Waals surface area contributed by atoms with Crippen molar-refractivity contribution in [3.05, 3.63) is 25.3 Å². The van der Waals surface area contributed by atoms with Gasteiger partial charge in [-0.15, -0.1) is 11.3 Å². The molecule has 2 nitrogen and oxygen atoms in total. The van der Waals surface area contributed by atoms with Crippen molar-refractivity contribution in [2.45, 2.75) is 0 Å². The van der Waals surface area contributed by atoms with Crippen molar-refractivity contribution < 1.29 is 4.74 Å². The van der Waals surface area contributed by atoms with E-state index in [4.69, 9.17) is 4.74 Å². The summed E-state index contributed by atoms with van der Waals surface area (Å²) in [5, 5.41) is 3.25. The second-order valence-electron chi connectivity index (χ2n) is 2.87. The molecular weight excluding hydrogens is 342 g/mol. The van der Waals surface area contributed by atoms with E-state index in [-0.39, 0.29) is 0 Å². The molecule has 0 radical (unpaired) electrons. The third kappa shape index (κ3) is 5.26. The third-order valence-corrected chi connectivity index (χ3v) is 4.91. The van der Waals surface area contributed by atoms with Crippen molar-refractivity contribution in [1.82, 2.24) is 5.32 Å². The average molecular weight is 355 g/mol. The summed E-state index contributed by atoms with van der Waals surface area (Å²) < 4.78 is 7.17. The van der Waals surface area contributed by atoms with Crippen molar-refractivity contribution in [3.8, 4) is 0 Å². The molecule has 1 aromatic rings. The molecule has 1 heterocycles. The standard InChI is InChI=1S/C10H13Br2NOS/c1-14-6-5-13-4-2-3-8-7-9(11)10(12)15-8/h2-3,7,13H,4-6H2,1H3/b3-2+. The van der Waals surface area contributed by atoms with Gasteiger partial charge >= 0.3 is 0 Å². The van der Waals surface area contributed by atoms with E-state index in [1.54, 1.807) is 18.4 Å². The summed E-state index contributed by atoms with van der Waals surface area (Å²) in [6, 6.07) is 2.10. The third-order valence-electron chi connectivity index (χ3n) is 1.69. The van der Waals surface area contributed by atoms with Gasteiger partial charge in [-0.3, -0.25) is 0 Å². The van der Waals surface area contributed by atoms with Crippen LogP contribution < -0.4 is 5.32 Å². The molecule has 0 fully saturated rings. The molecule has 0 atom stereocenters. The highest BCUT2D eigenvalue weighted by Crippen LogP contribution is 2.32. The summed E-state index contributed by atoms with van der Waals surface area (Å²) in [6.45, 7) is 2.51. The fraction of sp³-hybridized carbons (Fsp3) is 0.400. The van der Waals surface area contributed by atoms with Gasteiger partial charge in [0.1, 0.15) is 0 Å². The Kier molecular flexibility index (Phi) is 6.76. The molecule has 84 valence electrons. The molecule has 0 amide bonds. The van der Waals surface area contributed by atoms with Gasteiger partial charge in [0.2, 0.25) is 0 Å². The maximum Gasteiger partial charge on any atom is 0.0846 e. The molecule has 0 aliphatic heterocycles. The Morgan fingerprint density at radius 2 is 2.33 bits per heavy atom. The van der Waals surface area contributed by atoms with Crippen molar-refractivity contribution in [2.24, 2.45) is 0 Å². The van der Waals surface area contributed by atoms with Gasteiger partial charge in [-0.25, -0.2) is 0 Å². The van der Waals surface area contributed by atoms with Crippen LogP contribution in [0.1, 0.15) is 4.88 Å². The van der Waals surface area contributed by atoms with E-state index >= 15 is 0 Å². The number of ether oxygens (including phenoxy) is 1. The first-order chi connectivity index (χ1) is 7.24. The largest absolute Gasteiger partial charge is 0.383 e. The molecule has 0 spiro atoms. The summed E-state index contributed by atoms with van der Waals surface area (Å²) in [5.41, 5.74) is 0. The van der Waals surface area contributed by atoms with Crippen molar-refractivity contribution in [2.75, 3.05) is 26.8 Å². The van der Waals surface area contributed by atoms with Crippen LogP contribution in [-0.4, -0.2) is 26.8 Å². The lowest BCUT2D eigenvalue weighted by atomic mass is 10.4. The summed E-state index contributed by atoms with van der Waals surface area (Å²) in [5.74, 6) is 0. The normalized spacial score (nSPS) is 11.4. The monoisotopic (exact) mass is 353 g/mol. The van der Waals surface area contributed by atoms with Crippen LogP contribution in [-0.2, 0) is 4.74 Å². The number of thiophene rings is 1. The first-order valence-corrected chi connectivity index (χ1v) is 6.95. The lowest BCUT2D eigenvalue weighted by Crippen LogP contribution is -2.18. The molecule has 15 heavy (non-hydrogen) atoms. The lowest BCUT2D eigenvalue weighted by Gasteiger charge is -1.98. The average Bonchev–Trinajstić information content (AvgIpc) is 2.52. The number of methoxy groups -OCH3 is 1. The fourth-order valence-corrected chi connectivity index (χ4v) is 3.00. The van der Waals surface area contributed by atoms with Crippen LogP contribution in [0.2, 0.25) is 0 Å². The van der Waals surface area contributed by atoms with Crippen LogP contribution in [0.5, 0.6) is 0 Å². The zero-order valence-electron chi connectivity index (χ0n) is 8.43. The summed E-state index contributed by atoms with van der Waals surface area (Å²) >= 11 is 8.63. The first-order valence-electron chi connectivity index (χ1n) is 4.55. The second kappa shape index (κ2) is 7.57. The van der Waals surface area contributed by atoms with Crippen molar-refractivity contribution in [1.29, 1.82) is 0 Å². The van der Waals surface area contributed by atoms with E-state index in [1.807, 2.05) is 0 Å². The quantitative estimate of drug-likeness (QED) is 0.789. The molecule has 1 rings (SSSR count). The fourth-order valence-electron chi connectivity index (χ4n) is 0.980. The second-order valence-corrected chi connectivity index (χ2v) is 6.13. The Hall–Kier alpha value is 0.320. The Labute approximate surface area is 111 Å². The Bertz CT molecular complexity index is 306. The molecule has 0 aliphatic carbocycles. The highest BCUT2D eigenvalue weighted by molar-refractivity contribution is 9.13. The number of nitrogens with one attached hydrogen (secondary N) is 1. The van der Waals surface area contributed by atoms with Crippen LogP contribution in [0.15, 0.2) is 20.4 Å². The minimum absolute atomic E-state index is 0.754. The maximum atomic E-state index is 4.93. The molecule has 0 aromatic carbocycles. The molecule has 0 bridgehead atoms. The molecule has 0 saturated carbocycles. The minimum atomic E-state index is 0.754. The van der Waals surface area contributed by atoms with Crippen molar-refractivity contribution >= 4 is 49.3 Å². The van der Waals surface area contributed by atoms with Gasteiger partial charge in [0.25, 0.3) is 0 Å². The van der Waals surface area contributed by atoms with Crippen LogP contribution in [0, 0.1) is 0 Å². The number of hydrogen-bond donors (Lipinski definition) is 1. The molecule has 1 aromatic heterocycles. The number of halogens is 2. The predicted octanol–water partition coefficient (Wildman–Crippen LogP) is 3.52. The molecule has 0 unspecified atom stereocenters. The van der Waals surface area contributed by atoms with Gasteiger partial charge in [-0.1, -0.05) is 6.08 Å². The highest BCUT2D eigenvalue weighted by Gasteiger charge is 2.00. The molecule has 5 heteroatoms. The summed E-state index contributed by atoms with van der Waals surface area (Å²) in [4.78, 5) is 1.24. The molecule has 0 aliphatic rings. The minimum Gasteiger partial charge on any atom is -0.383 e. The summed E-state index contributed by atoms with van der Waals surface area (Å²) in [7, 11) is 1.71. The molecular formula is C10H13Br2NOS. The van der Waals surface area contributed by atoms with Gasteiger partial charge in [0, 0.05) is 29.5 Å². The first kappa shape index (κ1) is 13.4. The van der Waals surface area contributed by atoms with Gasteiger partial charge in [-0.05, 0) is 44.0 Å². The molecule has 1 N–H and O–H groups in total. The maximum absolute atomic E-state index is 4.93. The Morgan fingerprint density at radius 1 is 1.53 bits per heavy atom. The van der Waals surface area contributed by atoms with Gasteiger partial charge in [0.05, 0.1) is 10.4 Å².